The number of carbonyl (C=O) groups is 1. The topological polar surface area (TPSA) is 29.1 Å². The molecule has 4 heteroatoms. The fourth-order valence-electron chi connectivity index (χ4n) is 5.40. The van der Waals surface area contributed by atoms with Crippen molar-refractivity contribution >= 4 is 23.2 Å². The SMILES string of the molecule is Cc1ccc(F)cc1NC(=O)C12C[C@@H]3C[C@@H](CC(Cl)(C3)C1)C2. The first-order valence-electron chi connectivity index (χ1n) is 8.14. The number of anilines is 1. The molecule has 1 N–H and O–H groups in total. The lowest BCUT2D eigenvalue weighted by molar-refractivity contribution is -0.138. The summed E-state index contributed by atoms with van der Waals surface area (Å²) in [7, 11) is 0. The first kappa shape index (κ1) is 14.5. The van der Waals surface area contributed by atoms with Crippen LogP contribution in [-0.4, -0.2) is 10.8 Å². The Morgan fingerprint density at radius 1 is 1.27 bits per heavy atom. The number of carbonyl (C=O) groups excluding carboxylic acids is 1. The molecule has 1 amide bonds. The van der Waals surface area contributed by atoms with Crippen LogP contribution in [0.1, 0.15) is 44.1 Å². The van der Waals surface area contributed by atoms with Crippen molar-refractivity contribution < 1.29 is 9.18 Å². The van der Waals surface area contributed by atoms with Crippen LogP contribution in [0.5, 0.6) is 0 Å². The van der Waals surface area contributed by atoms with E-state index >= 15 is 0 Å². The Morgan fingerprint density at radius 2 is 1.95 bits per heavy atom. The largest absolute Gasteiger partial charge is 0.325 e. The van der Waals surface area contributed by atoms with Crippen molar-refractivity contribution in [3.8, 4) is 0 Å². The Balaban J connectivity index is 1.61. The third-order valence-corrected chi connectivity index (χ3v) is 6.36. The molecule has 5 rings (SSSR count). The predicted molar refractivity (Wildman–Crippen MR) is 85.5 cm³/mol. The smallest absolute Gasteiger partial charge is 0.230 e. The molecule has 22 heavy (non-hydrogen) atoms. The average molecular weight is 322 g/mol. The Bertz CT molecular complexity index is 630. The standard InChI is InChI=1S/C18H21ClFNO/c1-11-2-3-14(20)5-15(11)21-16(22)17-6-12-4-13(7-17)9-18(19,8-12)10-17/h2-3,5,12-13H,4,6-10H2,1H3,(H,21,22)/t12-,13+,17?,18?. The predicted octanol–water partition coefficient (Wildman–Crippen LogP) is 4.65. The molecule has 1 aromatic rings. The van der Waals surface area contributed by atoms with Crippen LogP contribution in [0.3, 0.4) is 0 Å². The van der Waals surface area contributed by atoms with Crippen LogP contribution in [0, 0.1) is 30.0 Å². The second kappa shape index (κ2) is 4.70. The molecule has 4 fully saturated rings. The second-order valence-corrected chi connectivity index (χ2v) is 8.61. The highest BCUT2D eigenvalue weighted by Crippen LogP contribution is 2.64. The quantitative estimate of drug-likeness (QED) is 0.789. The summed E-state index contributed by atoms with van der Waals surface area (Å²) in [6.45, 7) is 1.89. The van der Waals surface area contributed by atoms with Crippen LogP contribution < -0.4 is 5.32 Å². The second-order valence-electron chi connectivity index (χ2n) is 7.81. The van der Waals surface area contributed by atoms with Gasteiger partial charge in [-0.3, -0.25) is 4.79 Å². The summed E-state index contributed by atoms with van der Waals surface area (Å²) in [5.41, 5.74) is 1.13. The third kappa shape index (κ3) is 2.25. The minimum atomic E-state index is -0.343. The van der Waals surface area contributed by atoms with Crippen LogP contribution in [-0.2, 0) is 4.79 Å². The summed E-state index contributed by atoms with van der Waals surface area (Å²) in [4.78, 5) is 12.8. The van der Waals surface area contributed by atoms with Crippen LogP contribution in [0.2, 0.25) is 0 Å². The van der Waals surface area contributed by atoms with Gasteiger partial charge in [0.15, 0.2) is 0 Å². The molecule has 0 saturated heterocycles. The number of hydrogen-bond donors (Lipinski definition) is 1. The summed E-state index contributed by atoms with van der Waals surface area (Å²) in [6.07, 6.45) is 5.99. The summed E-state index contributed by atoms with van der Waals surface area (Å²) in [5, 5.41) is 2.99. The Labute approximate surface area is 135 Å². The summed E-state index contributed by atoms with van der Waals surface area (Å²) >= 11 is 6.78. The molecule has 0 spiro atoms. The van der Waals surface area contributed by atoms with E-state index in [9.17, 15) is 9.18 Å². The van der Waals surface area contributed by atoms with E-state index < -0.39 is 0 Å². The lowest BCUT2D eigenvalue weighted by Gasteiger charge is -2.59. The van der Waals surface area contributed by atoms with E-state index in [1.54, 1.807) is 6.07 Å². The number of hydrogen-bond acceptors (Lipinski definition) is 1. The molecule has 118 valence electrons. The molecule has 2 nitrogen and oxygen atoms in total. The van der Waals surface area contributed by atoms with Crippen molar-refractivity contribution in [2.24, 2.45) is 17.3 Å². The molecule has 0 aliphatic heterocycles. The number of amides is 1. The van der Waals surface area contributed by atoms with Gasteiger partial charge in [0.05, 0.1) is 5.41 Å². The fourth-order valence-corrected chi connectivity index (χ4v) is 6.09. The molecule has 4 atom stereocenters. The highest BCUT2D eigenvalue weighted by Gasteiger charge is 2.60. The van der Waals surface area contributed by atoms with Crippen LogP contribution in [0.4, 0.5) is 10.1 Å². The minimum Gasteiger partial charge on any atom is -0.325 e. The minimum absolute atomic E-state index is 0.0420. The van der Waals surface area contributed by atoms with Gasteiger partial charge in [-0.25, -0.2) is 4.39 Å². The summed E-state index contributed by atoms with van der Waals surface area (Å²) < 4.78 is 13.4. The van der Waals surface area contributed by atoms with E-state index in [-0.39, 0.29) is 22.0 Å². The van der Waals surface area contributed by atoms with Crippen molar-refractivity contribution in [2.45, 2.75) is 50.3 Å². The average Bonchev–Trinajstić information content (AvgIpc) is 2.40. The van der Waals surface area contributed by atoms with E-state index in [0.29, 0.717) is 17.5 Å². The van der Waals surface area contributed by atoms with Gasteiger partial charge in [0.1, 0.15) is 5.82 Å². The normalized spacial score (nSPS) is 39.0. The zero-order valence-corrected chi connectivity index (χ0v) is 13.5. The highest BCUT2D eigenvalue weighted by molar-refractivity contribution is 6.24. The van der Waals surface area contributed by atoms with Gasteiger partial charge in [0.2, 0.25) is 5.91 Å². The maximum atomic E-state index is 13.4. The highest BCUT2D eigenvalue weighted by atomic mass is 35.5. The number of nitrogens with one attached hydrogen (secondary N) is 1. The van der Waals surface area contributed by atoms with Gasteiger partial charge in [0, 0.05) is 10.6 Å². The van der Waals surface area contributed by atoms with E-state index in [1.165, 1.54) is 18.6 Å². The molecular formula is C18H21ClFNO. The third-order valence-electron chi connectivity index (χ3n) is 5.92. The lowest BCUT2D eigenvalue weighted by atomic mass is 9.49. The van der Waals surface area contributed by atoms with Crippen molar-refractivity contribution in [1.29, 1.82) is 0 Å². The van der Waals surface area contributed by atoms with Crippen molar-refractivity contribution in [1.82, 2.24) is 0 Å². The van der Waals surface area contributed by atoms with Crippen LogP contribution >= 0.6 is 11.6 Å². The molecule has 0 radical (unpaired) electrons. The van der Waals surface area contributed by atoms with Crippen LogP contribution in [0.15, 0.2) is 18.2 Å². The Kier molecular flexibility index (Phi) is 3.10. The van der Waals surface area contributed by atoms with E-state index in [4.69, 9.17) is 11.6 Å². The first-order chi connectivity index (χ1) is 10.4. The van der Waals surface area contributed by atoms with Gasteiger partial charge in [0.25, 0.3) is 0 Å². The van der Waals surface area contributed by atoms with Crippen molar-refractivity contribution in [3.63, 3.8) is 0 Å². The van der Waals surface area contributed by atoms with Gasteiger partial charge in [-0.1, -0.05) is 6.07 Å². The summed E-state index contributed by atoms with van der Waals surface area (Å²) in [6, 6.07) is 4.53. The van der Waals surface area contributed by atoms with E-state index in [0.717, 1.165) is 37.7 Å². The fraction of sp³-hybridized carbons (Fsp3) is 0.611. The van der Waals surface area contributed by atoms with Crippen LogP contribution in [0.25, 0.3) is 0 Å². The van der Waals surface area contributed by atoms with Gasteiger partial charge < -0.3 is 5.32 Å². The van der Waals surface area contributed by atoms with Crippen molar-refractivity contribution in [2.75, 3.05) is 5.32 Å². The zero-order valence-electron chi connectivity index (χ0n) is 12.8. The van der Waals surface area contributed by atoms with Gasteiger partial charge in [-0.15, -0.1) is 11.6 Å². The Hall–Kier alpha value is -1.09. The number of alkyl halides is 1. The molecule has 4 aliphatic carbocycles. The molecule has 4 saturated carbocycles. The van der Waals surface area contributed by atoms with Crippen molar-refractivity contribution in [3.05, 3.63) is 29.6 Å². The molecular weight excluding hydrogens is 301 g/mol. The van der Waals surface area contributed by atoms with E-state index in [1.807, 2.05) is 6.92 Å². The number of aryl methyl sites for hydroxylation is 1. The monoisotopic (exact) mass is 321 g/mol. The number of rotatable bonds is 2. The molecule has 4 bridgehead atoms. The number of benzene rings is 1. The lowest BCUT2D eigenvalue weighted by Crippen LogP contribution is -2.57. The zero-order chi connectivity index (χ0) is 15.5. The molecule has 1 aromatic carbocycles. The van der Waals surface area contributed by atoms with E-state index in [2.05, 4.69) is 5.32 Å². The Morgan fingerprint density at radius 3 is 2.59 bits per heavy atom. The maximum Gasteiger partial charge on any atom is 0.230 e. The van der Waals surface area contributed by atoms with Gasteiger partial charge >= 0.3 is 0 Å². The molecule has 2 unspecified atom stereocenters. The molecule has 4 aliphatic rings. The van der Waals surface area contributed by atoms with Gasteiger partial charge in [-0.2, -0.15) is 0 Å². The number of halogens is 2. The molecule has 0 aromatic heterocycles. The van der Waals surface area contributed by atoms with Gasteiger partial charge in [-0.05, 0) is 75.0 Å². The first-order valence-corrected chi connectivity index (χ1v) is 8.52. The maximum absolute atomic E-state index is 13.4. The molecule has 0 heterocycles. The summed E-state index contributed by atoms with van der Waals surface area (Å²) in [5.74, 6) is 0.886.